The Hall–Kier alpha value is -2.37. The van der Waals surface area contributed by atoms with Crippen LogP contribution in [0.5, 0.6) is 0 Å². The van der Waals surface area contributed by atoms with Crippen molar-refractivity contribution in [1.82, 2.24) is 5.06 Å². The molecule has 0 aromatic heterocycles. The lowest BCUT2D eigenvalue weighted by Gasteiger charge is -2.53. The van der Waals surface area contributed by atoms with Gasteiger partial charge in [0, 0.05) is 17.6 Å². The predicted molar refractivity (Wildman–Crippen MR) is 116 cm³/mol. The average Bonchev–Trinajstić information content (AvgIpc) is 2.66. The Kier molecular flexibility index (Phi) is 5.13. The van der Waals surface area contributed by atoms with E-state index in [-0.39, 0.29) is 17.0 Å². The summed E-state index contributed by atoms with van der Waals surface area (Å²) in [7, 11) is 0. The number of para-hydroxylation sites is 2. The highest BCUT2D eigenvalue weighted by Gasteiger charge is 2.46. The second-order valence-corrected chi connectivity index (χ2v) is 9.35. The third-order valence-corrected chi connectivity index (χ3v) is 6.06. The molecule has 0 aliphatic carbocycles. The Labute approximate surface area is 173 Å². The molecule has 1 atom stereocenters. The van der Waals surface area contributed by atoms with E-state index < -0.39 is 6.23 Å². The highest BCUT2D eigenvalue weighted by molar-refractivity contribution is 6.02. The monoisotopic (exact) mass is 393 g/mol. The van der Waals surface area contributed by atoms with Gasteiger partial charge in [-0.3, -0.25) is 9.63 Å². The molecule has 1 unspecified atom stereocenters. The van der Waals surface area contributed by atoms with Gasteiger partial charge < -0.3 is 10.2 Å². The van der Waals surface area contributed by atoms with Gasteiger partial charge in [0.1, 0.15) is 0 Å². The molecule has 2 aliphatic rings. The summed E-state index contributed by atoms with van der Waals surface area (Å²) in [6, 6.07) is 18.2. The third kappa shape index (κ3) is 3.89. The van der Waals surface area contributed by atoms with Crippen molar-refractivity contribution in [3.05, 3.63) is 60.2 Å². The zero-order valence-corrected chi connectivity index (χ0v) is 17.8. The zero-order valence-electron chi connectivity index (χ0n) is 17.8. The number of hydroxylamine groups is 2. The predicted octanol–water partition coefficient (Wildman–Crippen LogP) is 4.95. The first-order chi connectivity index (χ1) is 13.8. The summed E-state index contributed by atoms with van der Waals surface area (Å²) in [4.78, 5) is 21.8. The van der Waals surface area contributed by atoms with Crippen molar-refractivity contribution in [2.45, 2.75) is 70.8 Å². The van der Waals surface area contributed by atoms with E-state index in [1.165, 1.54) is 0 Å². The molecule has 1 N–H and O–H groups in total. The van der Waals surface area contributed by atoms with E-state index in [1.807, 2.05) is 42.5 Å². The molecule has 29 heavy (non-hydrogen) atoms. The minimum atomic E-state index is -0.721. The number of anilines is 2. The van der Waals surface area contributed by atoms with Crippen molar-refractivity contribution in [1.29, 1.82) is 0 Å². The molecule has 1 saturated heterocycles. The van der Waals surface area contributed by atoms with E-state index in [2.05, 4.69) is 55.1 Å². The second-order valence-electron chi connectivity index (χ2n) is 9.35. The number of piperidine rings is 1. The molecule has 154 valence electrons. The number of benzene rings is 2. The van der Waals surface area contributed by atoms with E-state index in [0.717, 1.165) is 36.2 Å². The largest absolute Gasteiger partial charge is 0.331 e. The Bertz CT molecular complexity index is 863. The highest BCUT2D eigenvalue weighted by Crippen LogP contribution is 2.41. The number of carbonyl (C=O) groups excluding carboxylic acids is 1. The second kappa shape index (κ2) is 7.47. The molecule has 0 saturated carbocycles. The fourth-order valence-electron chi connectivity index (χ4n) is 4.71. The van der Waals surface area contributed by atoms with E-state index in [4.69, 9.17) is 4.84 Å². The smallest absolute Gasteiger partial charge is 0.276 e. The number of nitrogens with one attached hydrogen (secondary N) is 1. The van der Waals surface area contributed by atoms with Crippen LogP contribution in [0.1, 0.15) is 52.5 Å². The van der Waals surface area contributed by atoms with Crippen LogP contribution >= 0.6 is 0 Å². The van der Waals surface area contributed by atoms with Crippen molar-refractivity contribution < 1.29 is 9.63 Å². The van der Waals surface area contributed by atoms with Crippen molar-refractivity contribution in [3.63, 3.8) is 0 Å². The summed E-state index contributed by atoms with van der Waals surface area (Å²) in [6.07, 6.45) is 2.52. The first kappa shape index (κ1) is 19.9. The molecule has 4 rings (SSSR count). The Balaban J connectivity index is 1.70. The molecule has 5 heteroatoms. The molecule has 0 radical (unpaired) electrons. The van der Waals surface area contributed by atoms with Crippen molar-refractivity contribution in [2.24, 2.45) is 0 Å². The van der Waals surface area contributed by atoms with Crippen molar-refractivity contribution in [3.8, 4) is 0 Å². The number of fused-ring (bicyclic) bond motifs is 1. The number of nitrogens with zero attached hydrogens (tertiary/aromatic N) is 2. The van der Waals surface area contributed by atoms with Gasteiger partial charge in [-0.05, 0) is 64.7 Å². The third-order valence-electron chi connectivity index (χ3n) is 6.06. The minimum absolute atomic E-state index is 0.128. The maximum atomic E-state index is 13.1. The summed E-state index contributed by atoms with van der Waals surface area (Å²) in [5, 5.41) is 5.11. The van der Waals surface area contributed by atoms with Crippen LogP contribution in [0.4, 0.5) is 11.4 Å². The van der Waals surface area contributed by atoms with Crippen LogP contribution in [0.2, 0.25) is 0 Å². The number of amides is 1. The Morgan fingerprint density at radius 3 is 2.28 bits per heavy atom. The number of hydrogen-bond acceptors (Lipinski definition) is 4. The van der Waals surface area contributed by atoms with Crippen LogP contribution in [0.15, 0.2) is 54.6 Å². The fraction of sp³-hybridized carbons (Fsp3) is 0.458. The van der Waals surface area contributed by atoms with Gasteiger partial charge in [-0.25, -0.2) is 0 Å². The zero-order chi connectivity index (χ0) is 20.6. The van der Waals surface area contributed by atoms with E-state index in [1.54, 1.807) is 0 Å². The van der Waals surface area contributed by atoms with Gasteiger partial charge in [0.25, 0.3) is 5.91 Å². The highest BCUT2D eigenvalue weighted by atomic mass is 16.7. The van der Waals surface area contributed by atoms with Crippen LogP contribution < -0.4 is 10.2 Å². The fourth-order valence-corrected chi connectivity index (χ4v) is 4.71. The van der Waals surface area contributed by atoms with Crippen LogP contribution in [-0.2, 0) is 16.2 Å². The lowest BCUT2D eigenvalue weighted by Crippen LogP contribution is -2.63. The molecule has 2 aliphatic heterocycles. The Morgan fingerprint density at radius 1 is 0.966 bits per heavy atom. The molecule has 2 heterocycles. The maximum Gasteiger partial charge on any atom is 0.276 e. The van der Waals surface area contributed by atoms with Gasteiger partial charge in [0.05, 0.1) is 11.4 Å². The lowest BCUT2D eigenvalue weighted by molar-refractivity contribution is -0.298. The van der Waals surface area contributed by atoms with Gasteiger partial charge in [0.15, 0.2) is 0 Å². The van der Waals surface area contributed by atoms with Gasteiger partial charge in [-0.1, -0.05) is 42.5 Å². The molecule has 2 aromatic carbocycles. The van der Waals surface area contributed by atoms with E-state index >= 15 is 0 Å². The SMILES string of the molecule is CC1(C)CCCC(C)(C)N1OC1C(=O)Nc2ccccc2N1Cc1ccccc1. The summed E-state index contributed by atoms with van der Waals surface area (Å²) in [6.45, 7) is 9.40. The van der Waals surface area contributed by atoms with Crippen molar-refractivity contribution >= 4 is 17.3 Å². The first-order valence-electron chi connectivity index (χ1n) is 10.5. The van der Waals surface area contributed by atoms with E-state index in [0.29, 0.717) is 6.54 Å². The average molecular weight is 394 g/mol. The molecule has 1 amide bonds. The minimum Gasteiger partial charge on any atom is -0.331 e. The summed E-state index contributed by atoms with van der Waals surface area (Å²) < 4.78 is 0. The first-order valence-corrected chi connectivity index (χ1v) is 10.5. The molecule has 1 fully saturated rings. The van der Waals surface area contributed by atoms with Gasteiger partial charge >= 0.3 is 0 Å². The summed E-state index contributed by atoms with van der Waals surface area (Å²) in [5.41, 5.74) is 2.66. The van der Waals surface area contributed by atoms with E-state index in [9.17, 15) is 4.79 Å². The molecule has 5 nitrogen and oxygen atoms in total. The number of carbonyl (C=O) groups is 1. The quantitative estimate of drug-likeness (QED) is 0.799. The van der Waals surface area contributed by atoms with Crippen molar-refractivity contribution in [2.75, 3.05) is 10.2 Å². The molecular weight excluding hydrogens is 362 g/mol. The van der Waals surface area contributed by atoms with Crippen LogP contribution in [-0.4, -0.2) is 28.3 Å². The topological polar surface area (TPSA) is 44.8 Å². The van der Waals surface area contributed by atoms with Gasteiger partial charge in [-0.15, -0.1) is 0 Å². The summed E-state index contributed by atoms with van der Waals surface area (Å²) in [5.74, 6) is -0.128. The Morgan fingerprint density at radius 2 is 1.59 bits per heavy atom. The van der Waals surface area contributed by atoms with Crippen LogP contribution in [0, 0.1) is 0 Å². The molecule has 0 spiro atoms. The maximum absolute atomic E-state index is 13.1. The standard InChI is InChI=1S/C24H31N3O2/c1-23(2)15-10-16-24(3,4)27(23)29-22-21(28)25-19-13-8-9-14-20(19)26(22)17-18-11-6-5-7-12-18/h5-9,11-14,22H,10,15-17H2,1-4H3,(H,25,28). The number of rotatable bonds is 4. The molecule has 2 aromatic rings. The van der Waals surface area contributed by atoms with Crippen LogP contribution in [0.25, 0.3) is 0 Å². The molecular formula is C24H31N3O2. The van der Waals surface area contributed by atoms with Crippen LogP contribution in [0.3, 0.4) is 0 Å². The normalized spacial score (nSPS) is 23.4. The number of hydrogen-bond donors (Lipinski definition) is 1. The molecule has 0 bridgehead atoms. The van der Waals surface area contributed by atoms with Gasteiger partial charge in [0.2, 0.25) is 6.23 Å². The summed E-state index contributed by atoms with van der Waals surface area (Å²) >= 11 is 0. The lowest BCUT2D eigenvalue weighted by atomic mass is 9.82. The van der Waals surface area contributed by atoms with Gasteiger partial charge in [-0.2, -0.15) is 5.06 Å².